The van der Waals surface area contributed by atoms with E-state index in [-0.39, 0.29) is 0 Å². The summed E-state index contributed by atoms with van der Waals surface area (Å²) < 4.78 is 5.42. The van der Waals surface area contributed by atoms with Crippen LogP contribution in [0.25, 0.3) is 0 Å². The molecule has 0 N–H and O–H groups in total. The molecule has 0 saturated carbocycles. The van der Waals surface area contributed by atoms with E-state index in [1.807, 2.05) is 32.2 Å². The number of rotatable bonds is 4. The Hall–Kier alpha value is -0.960. The van der Waals surface area contributed by atoms with Crippen molar-refractivity contribution in [3.05, 3.63) is 23.3 Å². The van der Waals surface area contributed by atoms with Gasteiger partial charge in [-0.2, -0.15) is 0 Å². The monoisotopic (exact) mass is 210 g/mol. The number of ether oxygens (including phenoxy) is 1. The lowest BCUT2D eigenvalue weighted by atomic mass is 10.1. The summed E-state index contributed by atoms with van der Waals surface area (Å²) in [7, 11) is 0. The third-order valence-electron chi connectivity index (χ3n) is 1.93. The van der Waals surface area contributed by atoms with Gasteiger partial charge in [0.1, 0.15) is 5.75 Å². The van der Waals surface area contributed by atoms with E-state index in [2.05, 4.69) is 0 Å². The Morgan fingerprint density at radius 2 is 2.21 bits per heavy atom. The lowest BCUT2D eigenvalue weighted by Gasteiger charge is -2.10. The molecule has 2 nitrogen and oxygen atoms in total. The molecule has 0 bridgehead atoms. The molecule has 0 aliphatic heterocycles. The van der Waals surface area contributed by atoms with Crippen molar-refractivity contribution < 1.29 is 9.53 Å². The number of hydrogen-bond donors (Lipinski definition) is 0. The minimum Gasteiger partial charge on any atom is -0.493 e. The number of benzene rings is 1. The Morgan fingerprint density at radius 3 is 2.71 bits per heavy atom. The van der Waals surface area contributed by atoms with Crippen LogP contribution >= 0.6 is 11.8 Å². The Labute approximate surface area is 88.7 Å². The Bertz CT molecular complexity index is 334. The highest BCUT2D eigenvalue weighted by Gasteiger charge is 2.07. The maximum Gasteiger partial charge on any atom is 0.153 e. The molecule has 0 radical (unpaired) electrons. The van der Waals surface area contributed by atoms with Gasteiger partial charge in [0, 0.05) is 4.90 Å². The molecule has 1 aromatic carbocycles. The van der Waals surface area contributed by atoms with Gasteiger partial charge in [-0.15, -0.1) is 11.8 Å². The molecule has 0 aromatic heterocycles. The minimum absolute atomic E-state index is 0.584. The first-order valence-corrected chi connectivity index (χ1v) is 5.72. The topological polar surface area (TPSA) is 26.3 Å². The van der Waals surface area contributed by atoms with E-state index in [0.29, 0.717) is 17.9 Å². The van der Waals surface area contributed by atoms with Gasteiger partial charge in [-0.1, -0.05) is 0 Å². The molecule has 0 unspecified atom stereocenters. The highest BCUT2D eigenvalue weighted by Crippen LogP contribution is 2.28. The molecule has 0 heterocycles. The number of aryl methyl sites for hydroxylation is 1. The van der Waals surface area contributed by atoms with Gasteiger partial charge < -0.3 is 4.74 Å². The molecule has 3 heteroatoms. The van der Waals surface area contributed by atoms with Gasteiger partial charge >= 0.3 is 0 Å². The number of aldehydes is 1. The summed E-state index contributed by atoms with van der Waals surface area (Å²) in [6.45, 7) is 4.45. The Kier molecular flexibility index (Phi) is 4.01. The molecule has 0 fully saturated rings. The highest BCUT2D eigenvalue weighted by atomic mass is 32.2. The molecule has 0 amide bonds. The zero-order chi connectivity index (χ0) is 10.6. The Balaban J connectivity index is 3.19. The zero-order valence-corrected chi connectivity index (χ0v) is 9.48. The van der Waals surface area contributed by atoms with Crippen LogP contribution in [-0.4, -0.2) is 19.1 Å². The van der Waals surface area contributed by atoms with Crippen molar-refractivity contribution in [2.45, 2.75) is 18.7 Å². The smallest absolute Gasteiger partial charge is 0.153 e. The molecule has 0 atom stereocenters. The van der Waals surface area contributed by atoms with Crippen molar-refractivity contribution in [1.82, 2.24) is 0 Å². The summed E-state index contributed by atoms with van der Waals surface area (Å²) in [6.07, 6.45) is 2.83. The van der Waals surface area contributed by atoms with Gasteiger partial charge in [0.2, 0.25) is 0 Å². The summed E-state index contributed by atoms with van der Waals surface area (Å²) in [5, 5.41) is 0. The molecule has 76 valence electrons. The van der Waals surface area contributed by atoms with Gasteiger partial charge in [0.15, 0.2) is 6.29 Å². The number of hydrogen-bond acceptors (Lipinski definition) is 3. The fraction of sp³-hybridized carbons (Fsp3) is 0.364. The fourth-order valence-corrected chi connectivity index (χ4v) is 1.85. The maximum atomic E-state index is 10.8. The molecular formula is C11H14O2S. The summed E-state index contributed by atoms with van der Waals surface area (Å²) in [5.74, 6) is 0.709. The predicted molar refractivity (Wildman–Crippen MR) is 59.5 cm³/mol. The lowest BCUT2D eigenvalue weighted by molar-refractivity contribution is 0.111. The fourth-order valence-electron chi connectivity index (χ4n) is 1.31. The van der Waals surface area contributed by atoms with Crippen LogP contribution in [0.15, 0.2) is 17.0 Å². The van der Waals surface area contributed by atoms with E-state index in [1.54, 1.807) is 11.8 Å². The van der Waals surface area contributed by atoms with Crippen LogP contribution < -0.4 is 4.74 Å². The van der Waals surface area contributed by atoms with Crippen molar-refractivity contribution >= 4 is 18.0 Å². The first kappa shape index (κ1) is 11.1. The normalized spacial score (nSPS) is 9.93. The van der Waals surface area contributed by atoms with Crippen LogP contribution in [0.2, 0.25) is 0 Å². The van der Waals surface area contributed by atoms with Gasteiger partial charge in [-0.25, -0.2) is 0 Å². The average molecular weight is 210 g/mol. The van der Waals surface area contributed by atoms with E-state index in [0.717, 1.165) is 16.7 Å². The van der Waals surface area contributed by atoms with Crippen LogP contribution in [0.5, 0.6) is 5.75 Å². The summed E-state index contributed by atoms with van der Waals surface area (Å²) in [4.78, 5) is 11.9. The van der Waals surface area contributed by atoms with Crippen molar-refractivity contribution in [2.24, 2.45) is 0 Å². The number of carbonyl (C=O) groups excluding carboxylic acids is 1. The van der Waals surface area contributed by atoms with Crippen molar-refractivity contribution in [3.63, 3.8) is 0 Å². The molecule has 0 spiro atoms. The molecule has 0 saturated heterocycles. The van der Waals surface area contributed by atoms with Crippen LogP contribution in [0.4, 0.5) is 0 Å². The molecule has 0 aliphatic carbocycles. The Morgan fingerprint density at radius 1 is 1.50 bits per heavy atom. The summed E-state index contributed by atoms with van der Waals surface area (Å²) >= 11 is 1.62. The lowest BCUT2D eigenvalue weighted by Crippen LogP contribution is -1.98. The second-order valence-corrected chi connectivity index (χ2v) is 3.79. The second-order valence-electron chi connectivity index (χ2n) is 2.91. The predicted octanol–water partition coefficient (Wildman–Crippen LogP) is 2.93. The van der Waals surface area contributed by atoms with Crippen LogP contribution in [0.3, 0.4) is 0 Å². The van der Waals surface area contributed by atoms with E-state index in [1.165, 1.54) is 0 Å². The first-order chi connectivity index (χ1) is 6.72. The second kappa shape index (κ2) is 5.05. The van der Waals surface area contributed by atoms with E-state index < -0.39 is 0 Å². The molecular weight excluding hydrogens is 196 g/mol. The van der Waals surface area contributed by atoms with E-state index in [9.17, 15) is 4.79 Å². The van der Waals surface area contributed by atoms with Gasteiger partial charge in [0.25, 0.3) is 0 Å². The quantitative estimate of drug-likeness (QED) is 0.564. The van der Waals surface area contributed by atoms with Crippen LogP contribution in [0.1, 0.15) is 22.8 Å². The molecule has 1 rings (SSSR count). The standard InChI is InChI=1S/C11H14O2S/c1-4-13-11-8(2)5-10(14-3)6-9(11)7-12/h5-7H,4H2,1-3H3. The van der Waals surface area contributed by atoms with Crippen LogP contribution in [-0.2, 0) is 0 Å². The highest BCUT2D eigenvalue weighted by molar-refractivity contribution is 7.98. The maximum absolute atomic E-state index is 10.8. The van der Waals surface area contributed by atoms with Crippen molar-refractivity contribution in [3.8, 4) is 5.75 Å². The van der Waals surface area contributed by atoms with Crippen molar-refractivity contribution in [2.75, 3.05) is 12.9 Å². The SMILES string of the molecule is CCOc1c(C)cc(SC)cc1C=O. The number of carbonyl (C=O) groups is 1. The molecule has 0 aliphatic rings. The summed E-state index contributed by atoms with van der Waals surface area (Å²) in [5.41, 5.74) is 1.65. The van der Waals surface area contributed by atoms with Gasteiger partial charge in [0.05, 0.1) is 12.2 Å². The molecule has 14 heavy (non-hydrogen) atoms. The van der Waals surface area contributed by atoms with Crippen molar-refractivity contribution in [1.29, 1.82) is 0 Å². The first-order valence-electron chi connectivity index (χ1n) is 4.49. The van der Waals surface area contributed by atoms with Gasteiger partial charge in [-0.3, -0.25) is 4.79 Å². The minimum atomic E-state index is 0.584. The third-order valence-corrected chi connectivity index (χ3v) is 2.64. The summed E-state index contributed by atoms with van der Waals surface area (Å²) in [6, 6.07) is 3.89. The van der Waals surface area contributed by atoms with Gasteiger partial charge in [-0.05, 0) is 37.8 Å². The zero-order valence-electron chi connectivity index (χ0n) is 8.66. The average Bonchev–Trinajstić information content (AvgIpc) is 2.20. The van der Waals surface area contributed by atoms with Crippen LogP contribution in [0, 0.1) is 6.92 Å². The largest absolute Gasteiger partial charge is 0.493 e. The van der Waals surface area contributed by atoms with E-state index in [4.69, 9.17) is 4.74 Å². The number of thioether (sulfide) groups is 1. The molecule has 1 aromatic rings. The third kappa shape index (κ3) is 2.29. The van der Waals surface area contributed by atoms with E-state index >= 15 is 0 Å².